The monoisotopic (exact) mass is 405 g/mol. The number of nitrogens with zero attached hydrogens (tertiary/aromatic N) is 2. The zero-order chi connectivity index (χ0) is 21.1. The van der Waals surface area contributed by atoms with E-state index in [2.05, 4.69) is 9.88 Å². The summed E-state index contributed by atoms with van der Waals surface area (Å²) < 4.78 is 0. The fourth-order valence-electron chi connectivity index (χ4n) is 4.13. The van der Waals surface area contributed by atoms with Gasteiger partial charge >= 0.3 is 0 Å². The topological polar surface area (TPSA) is 76.6 Å². The van der Waals surface area contributed by atoms with Gasteiger partial charge in [-0.15, -0.1) is 0 Å². The Morgan fingerprint density at radius 1 is 1.20 bits per heavy atom. The standard InChI is InChI=1S/C24H27N3O3/c1-26(22(19-5-3-2-4-6-19)16-27-12-11-20(28)15-27)24(30)14-17-7-8-18-9-10-23(29)25-21(18)13-17/h2-10,13,20,22,28H,11-12,14-16H2,1H3,(H,25,29)/t20-,22?/m0/s1. The van der Waals surface area contributed by atoms with Crippen molar-refractivity contribution in [2.75, 3.05) is 26.7 Å². The molecule has 1 aliphatic rings. The minimum Gasteiger partial charge on any atom is -0.392 e. The molecule has 2 N–H and O–H groups in total. The van der Waals surface area contributed by atoms with Crippen LogP contribution < -0.4 is 5.56 Å². The molecule has 0 bridgehead atoms. The summed E-state index contributed by atoms with van der Waals surface area (Å²) >= 11 is 0. The summed E-state index contributed by atoms with van der Waals surface area (Å²) in [4.78, 5) is 31.6. The van der Waals surface area contributed by atoms with Crippen LogP contribution in [0.1, 0.15) is 23.6 Å². The highest BCUT2D eigenvalue weighted by Crippen LogP contribution is 2.24. The third kappa shape index (κ3) is 4.61. The lowest BCUT2D eigenvalue weighted by molar-refractivity contribution is -0.131. The largest absolute Gasteiger partial charge is 0.392 e. The average molecular weight is 405 g/mol. The first kappa shape index (κ1) is 20.3. The Labute approximate surface area is 175 Å². The van der Waals surface area contributed by atoms with Crippen molar-refractivity contribution in [2.24, 2.45) is 0 Å². The minimum atomic E-state index is -0.290. The van der Waals surface area contributed by atoms with Crippen molar-refractivity contribution in [2.45, 2.75) is 25.0 Å². The number of fused-ring (bicyclic) bond motifs is 1. The van der Waals surface area contributed by atoms with Crippen molar-refractivity contribution in [3.63, 3.8) is 0 Å². The number of pyridine rings is 1. The Morgan fingerprint density at radius 2 is 1.97 bits per heavy atom. The van der Waals surface area contributed by atoms with Gasteiger partial charge in [0.2, 0.25) is 11.5 Å². The quantitative estimate of drug-likeness (QED) is 0.660. The van der Waals surface area contributed by atoms with Gasteiger partial charge < -0.3 is 15.0 Å². The zero-order valence-corrected chi connectivity index (χ0v) is 17.1. The molecule has 0 saturated carbocycles. The number of aliphatic hydroxyl groups is 1. The first-order valence-corrected chi connectivity index (χ1v) is 10.3. The number of aliphatic hydroxyl groups excluding tert-OH is 1. The van der Waals surface area contributed by atoms with Crippen LogP contribution in [-0.4, -0.2) is 58.6 Å². The van der Waals surface area contributed by atoms with Gasteiger partial charge in [0.1, 0.15) is 0 Å². The van der Waals surface area contributed by atoms with Gasteiger partial charge in [0, 0.05) is 38.3 Å². The summed E-state index contributed by atoms with van der Waals surface area (Å²) in [6, 6.07) is 18.9. The lowest BCUT2D eigenvalue weighted by Crippen LogP contribution is -2.39. The molecule has 4 rings (SSSR count). The highest BCUT2D eigenvalue weighted by atomic mass is 16.3. The Balaban J connectivity index is 1.53. The predicted octanol–water partition coefficient (Wildman–Crippen LogP) is 2.34. The van der Waals surface area contributed by atoms with Crippen LogP contribution in [0.15, 0.2) is 65.5 Å². The third-order valence-corrected chi connectivity index (χ3v) is 5.87. The van der Waals surface area contributed by atoms with Crippen LogP contribution >= 0.6 is 0 Å². The second kappa shape index (κ2) is 8.81. The van der Waals surface area contributed by atoms with Crippen molar-refractivity contribution in [1.29, 1.82) is 0 Å². The molecule has 3 aromatic rings. The number of rotatable bonds is 6. The van der Waals surface area contributed by atoms with E-state index in [0.29, 0.717) is 13.1 Å². The molecule has 1 aliphatic heterocycles. The maximum absolute atomic E-state index is 13.2. The summed E-state index contributed by atoms with van der Waals surface area (Å²) in [6.07, 6.45) is 0.742. The van der Waals surface area contributed by atoms with Crippen molar-refractivity contribution in [3.05, 3.63) is 82.1 Å². The molecule has 1 unspecified atom stereocenters. The number of amides is 1. The molecule has 1 aromatic heterocycles. The van der Waals surface area contributed by atoms with Crippen LogP contribution in [0.2, 0.25) is 0 Å². The van der Waals surface area contributed by atoms with Crippen molar-refractivity contribution < 1.29 is 9.90 Å². The molecule has 1 fully saturated rings. The number of carbonyl (C=O) groups excluding carboxylic acids is 1. The van der Waals surface area contributed by atoms with Crippen LogP contribution in [-0.2, 0) is 11.2 Å². The number of β-amino-alcohol motifs (C(OH)–C–C–N with tert-alkyl or cyclic N) is 1. The van der Waals surface area contributed by atoms with Crippen molar-refractivity contribution in [3.8, 4) is 0 Å². The molecule has 1 amide bonds. The first-order chi connectivity index (χ1) is 14.5. The van der Waals surface area contributed by atoms with Crippen molar-refractivity contribution in [1.82, 2.24) is 14.8 Å². The number of aromatic amines is 1. The van der Waals surface area contributed by atoms with E-state index >= 15 is 0 Å². The van der Waals surface area contributed by atoms with E-state index in [1.165, 1.54) is 6.07 Å². The van der Waals surface area contributed by atoms with Gasteiger partial charge in [0.15, 0.2) is 0 Å². The van der Waals surface area contributed by atoms with E-state index in [1.54, 1.807) is 11.0 Å². The SMILES string of the molecule is CN(C(=O)Cc1ccc2ccc(=O)[nH]c2c1)C(CN1CC[C@H](O)C1)c1ccccc1. The smallest absolute Gasteiger partial charge is 0.248 e. The number of aromatic nitrogens is 1. The lowest BCUT2D eigenvalue weighted by atomic mass is 10.0. The number of hydrogen-bond acceptors (Lipinski definition) is 4. The highest BCUT2D eigenvalue weighted by molar-refractivity contribution is 5.83. The molecular formula is C24H27N3O3. The second-order valence-corrected chi connectivity index (χ2v) is 8.05. The molecular weight excluding hydrogens is 378 g/mol. The van der Waals surface area contributed by atoms with E-state index in [1.807, 2.05) is 55.6 Å². The zero-order valence-electron chi connectivity index (χ0n) is 17.1. The molecule has 30 heavy (non-hydrogen) atoms. The molecule has 0 aliphatic carbocycles. The molecule has 6 nitrogen and oxygen atoms in total. The number of likely N-dealkylation sites (N-methyl/N-ethyl adjacent to an activating group) is 1. The van der Waals surface area contributed by atoms with E-state index < -0.39 is 0 Å². The number of benzene rings is 2. The van der Waals surface area contributed by atoms with Crippen LogP contribution in [0.4, 0.5) is 0 Å². The van der Waals surface area contributed by atoms with Crippen LogP contribution in [0.5, 0.6) is 0 Å². The van der Waals surface area contributed by atoms with Crippen LogP contribution in [0.3, 0.4) is 0 Å². The van der Waals surface area contributed by atoms with Gasteiger partial charge in [0.25, 0.3) is 0 Å². The van der Waals surface area contributed by atoms with Gasteiger partial charge in [-0.1, -0.05) is 42.5 Å². The Kier molecular flexibility index (Phi) is 5.97. The minimum absolute atomic E-state index is 0.0150. The number of carbonyl (C=O) groups is 1. The summed E-state index contributed by atoms with van der Waals surface area (Å²) in [5, 5.41) is 10.8. The van der Waals surface area contributed by atoms with Gasteiger partial charge in [-0.25, -0.2) is 0 Å². The molecule has 2 atom stereocenters. The van der Waals surface area contributed by atoms with Gasteiger partial charge in [-0.3, -0.25) is 14.5 Å². The summed E-state index contributed by atoms with van der Waals surface area (Å²) in [6.45, 7) is 2.17. The Hall–Kier alpha value is -2.96. The highest BCUT2D eigenvalue weighted by Gasteiger charge is 2.28. The molecule has 0 spiro atoms. The number of likely N-dealkylation sites (tertiary alicyclic amines) is 1. The fraction of sp³-hybridized carbons (Fsp3) is 0.333. The van der Waals surface area contributed by atoms with Gasteiger partial charge in [-0.2, -0.15) is 0 Å². The normalized spacial score (nSPS) is 17.9. The first-order valence-electron chi connectivity index (χ1n) is 10.3. The van der Waals surface area contributed by atoms with E-state index in [9.17, 15) is 14.7 Å². The van der Waals surface area contributed by atoms with Gasteiger partial charge in [0.05, 0.1) is 18.6 Å². The fourth-order valence-corrected chi connectivity index (χ4v) is 4.13. The summed E-state index contributed by atoms with van der Waals surface area (Å²) in [5.74, 6) is 0.0150. The Morgan fingerprint density at radius 3 is 2.70 bits per heavy atom. The van der Waals surface area contributed by atoms with Crippen LogP contribution in [0.25, 0.3) is 10.9 Å². The number of hydrogen-bond donors (Lipinski definition) is 2. The molecule has 2 aromatic carbocycles. The maximum atomic E-state index is 13.2. The number of nitrogens with one attached hydrogen (secondary N) is 1. The third-order valence-electron chi connectivity index (χ3n) is 5.87. The predicted molar refractivity (Wildman–Crippen MR) is 117 cm³/mol. The van der Waals surface area contributed by atoms with E-state index in [4.69, 9.17) is 0 Å². The maximum Gasteiger partial charge on any atom is 0.248 e. The molecule has 156 valence electrons. The van der Waals surface area contributed by atoms with Crippen molar-refractivity contribution >= 4 is 16.8 Å². The van der Waals surface area contributed by atoms with Crippen LogP contribution in [0, 0.1) is 0 Å². The molecule has 2 heterocycles. The molecule has 6 heteroatoms. The average Bonchev–Trinajstić information content (AvgIpc) is 3.16. The molecule has 0 radical (unpaired) electrons. The summed E-state index contributed by atoms with van der Waals surface area (Å²) in [5.41, 5.74) is 2.53. The van der Waals surface area contributed by atoms with E-state index in [0.717, 1.165) is 35.0 Å². The Bertz CT molecular complexity index is 1080. The van der Waals surface area contributed by atoms with E-state index in [-0.39, 0.29) is 30.0 Å². The van der Waals surface area contributed by atoms with Gasteiger partial charge in [-0.05, 0) is 35.1 Å². The molecule has 1 saturated heterocycles. The summed E-state index contributed by atoms with van der Waals surface area (Å²) in [7, 11) is 1.84. The second-order valence-electron chi connectivity index (χ2n) is 8.05. The lowest BCUT2D eigenvalue weighted by Gasteiger charge is -2.32. The number of H-pyrrole nitrogens is 1.